The molecule has 0 N–H and O–H groups in total. The highest BCUT2D eigenvalue weighted by Crippen LogP contribution is 2.22. The summed E-state index contributed by atoms with van der Waals surface area (Å²) in [5.41, 5.74) is 2.69. The summed E-state index contributed by atoms with van der Waals surface area (Å²) in [7, 11) is 0. The summed E-state index contributed by atoms with van der Waals surface area (Å²) in [4.78, 5) is 17.8. The Morgan fingerprint density at radius 2 is 1.84 bits per heavy atom. The summed E-state index contributed by atoms with van der Waals surface area (Å²) in [5, 5.41) is 0. The molecule has 1 aliphatic heterocycles. The quantitative estimate of drug-likeness (QED) is 0.836. The zero-order valence-electron chi connectivity index (χ0n) is 11.5. The Kier molecular flexibility index (Phi) is 3.79. The first-order valence-electron chi connectivity index (χ1n) is 6.34. The summed E-state index contributed by atoms with van der Waals surface area (Å²) in [6, 6.07) is 8.02. The van der Waals surface area contributed by atoms with E-state index in [1.807, 2.05) is 0 Å². The maximum atomic E-state index is 10.8. The molecule has 0 spiro atoms. The summed E-state index contributed by atoms with van der Waals surface area (Å²) in [5.74, 6) is 0.302. The van der Waals surface area contributed by atoms with E-state index >= 15 is 0 Å². The van der Waals surface area contributed by atoms with Gasteiger partial charge in [-0.2, -0.15) is 9.98 Å². The third-order valence-electron chi connectivity index (χ3n) is 2.95. The van der Waals surface area contributed by atoms with Gasteiger partial charge in [-0.05, 0) is 16.5 Å². The number of amides is 2. The van der Waals surface area contributed by atoms with E-state index in [-0.39, 0.29) is 5.41 Å². The Bertz CT molecular complexity index is 522. The number of hydrogen-bond donors (Lipinski definition) is 0. The second-order valence-electron chi connectivity index (χ2n) is 5.54. The molecule has 4 heteroatoms. The SMILES string of the molecule is CC(C)(C)c1ccc(CCOC2=NC(=O)N=C2)cc1. The number of benzene rings is 1. The number of carbonyl (C=O) groups excluding carboxylic acids is 1. The van der Waals surface area contributed by atoms with Crippen LogP contribution in [0.25, 0.3) is 0 Å². The van der Waals surface area contributed by atoms with E-state index in [1.54, 1.807) is 0 Å². The molecular weight excluding hydrogens is 240 g/mol. The molecule has 0 atom stereocenters. The van der Waals surface area contributed by atoms with Gasteiger partial charge in [0.1, 0.15) is 0 Å². The average molecular weight is 258 g/mol. The van der Waals surface area contributed by atoms with Crippen LogP contribution in [-0.2, 0) is 16.6 Å². The van der Waals surface area contributed by atoms with Crippen molar-refractivity contribution in [3.05, 3.63) is 35.4 Å². The molecule has 1 aliphatic rings. The highest BCUT2D eigenvalue weighted by Gasteiger charge is 2.13. The van der Waals surface area contributed by atoms with Crippen molar-refractivity contribution < 1.29 is 9.53 Å². The van der Waals surface area contributed by atoms with Gasteiger partial charge in [0.25, 0.3) is 0 Å². The number of aliphatic imine (C=N–C) groups is 2. The van der Waals surface area contributed by atoms with Gasteiger partial charge < -0.3 is 4.74 Å². The molecule has 0 aromatic heterocycles. The molecule has 0 saturated heterocycles. The zero-order chi connectivity index (χ0) is 13.9. The van der Waals surface area contributed by atoms with Crippen LogP contribution in [0.1, 0.15) is 31.9 Å². The highest BCUT2D eigenvalue weighted by atomic mass is 16.5. The zero-order valence-corrected chi connectivity index (χ0v) is 11.5. The van der Waals surface area contributed by atoms with E-state index in [4.69, 9.17) is 4.74 Å². The molecule has 100 valence electrons. The molecule has 2 rings (SSSR count). The molecule has 19 heavy (non-hydrogen) atoms. The maximum Gasteiger partial charge on any atom is 0.370 e. The molecule has 1 aromatic carbocycles. The van der Waals surface area contributed by atoms with Gasteiger partial charge in [-0.25, -0.2) is 4.79 Å². The summed E-state index contributed by atoms with van der Waals surface area (Å²) in [6.45, 7) is 7.08. The Hall–Kier alpha value is -1.97. The molecule has 1 heterocycles. The fraction of sp³-hybridized carbons (Fsp3) is 0.400. The van der Waals surface area contributed by atoms with Crippen molar-refractivity contribution in [3.63, 3.8) is 0 Å². The van der Waals surface area contributed by atoms with Crippen LogP contribution in [0.3, 0.4) is 0 Å². The van der Waals surface area contributed by atoms with E-state index in [0.29, 0.717) is 12.5 Å². The lowest BCUT2D eigenvalue weighted by Crippen LogP contribution is -2.11. The largest absolute Gasteiger partial charge is 0.476 e. The normalized spacial score (nSPS) is 14.7. The minimum atomic E-state index is -0.496. The number of rotatable bonds is 3. The van der Waals surface area contributed by atoms with Gasteiger partial charge in [-0.1, -0.05) is 45.0 Å². The Morgan fingerprint density at radius 1 is 1.16 bits per heavy atom. The molecule has 2 amide bonds. The van der Waals surface area contributed by atoms with Crippen LogP contribution < -0.4 is 0 Å². The molecule has 4 nitrogen and oxygen atoms in total. The number of urea groups is 1. The summed E-state index contributed by atoms with van der Waals surface area (Å²) >= 11 is 0. The smallest absolute Gasteiger partial charge is 0.370 e. The van der Waals surface area contributed by atoms with Crippen LogP contribution in [0.4, 0.5) is 4.79 Å². The lowest BCUT2D eigenvalue weighted by Gasteiger charge is -2.19. The van der Waals surface area contributed by atoms with E-state index in [1.165, 1.54) is 17.3 Å². The monoisotopic (exact) mass is 258 g/mol. The van der Waals surface area contributed by atoms with Crippen LogP contribution in [0.15, 0.2) is 34.3 Å². The van der Waals surface area contributed by atoms with Gasteiger partial charge >= 0.3 is 6.03 Å². The van der Waals surface area contributed by atoms with Gasteiger partial charge in [-0.3, -0.25) is 0 Å². The second kappa shape index (κ2) is 5.34. The summed E-state index contributed by atoms with van der Waals surface area (Å²) < 4.78 is 5.35. The van der Waals surface area contributed by atoms with Gasteiger partial charge in [0.05, 0.1) is 12.8 Å². The summed E-state index contributed by atoms with van der Waals surface area (Å²) in [6.07, 6.45) is 2.14. The van der Waals surface area contributed by atoms with Crippen molar-refractivity contribution in [1.82, 2.24) is 0 Å². The second-order valence-corrected chi connectivity index (χ2v) is 5.54. The van der Waals surface area contributed by atoms with Crippen molar-refractivity contribution in [2.75, 3.05) is 6.61 Å². The van der Waals surface area contributed by atoms with Crippen molar-refractivity contribution >= 4 is 18.1 Å². The van der Waals surface area contributed by atoms with Gasteiger partial charge in [0.2, 0.25) is 5.90 Å². The molecule has 0 unspecified atom stereocenters. The van der Waals surface area contributed by atoms with Crippen molar-refractivity contribution in [2.45, 2.75) is 32.6 Å². The molecule has 1 aromatic rings. The molecule has 0 saturated carbocycles. The van der Waals surface area contributed by atoms with Crippen LogP contribution in [0.5, 0.6) is 0 Å². The van der Waals surface area contributed by atoms with Crippen molar-refractivity contribution in [1.29, 1.82) is 0 Å². The molecule has 0 aliphatic carbocycles. The van der Waals surface area contributed by atoms with Crippen molar-refractivity contribution in [3.8, 4) is 0 Å². The maximum absolute atomic E-state index is 10.8. The van der Waals surface area contributed by atoms with E-state index in [2.05, 4.69) is 55.0 Å². The topological polar surface area (TPSA) is 51.0 Å². The third-order valence-corrected chi connectivity index (χ3v) is 2.95. The fourth-order valence-electron chi connectivity index (χ4n) is 1.78. The van der Waals surface area contributed by atoms with Crippen LogP contribution >= 0.6 is 0 Å². The Balaban J connectivity index is 1.85. The van der Waals surface area contributed by atoms with Gasteiger partial charge in [0.15, 0.2) is 0 Å². The fourth-order valence-corrected chi connectivity index (χ4v) is 1.78. The predicted octanol–water partition coefficient (Wildman–Crippen LogP) is 3.15. The van der Waals surface area contributed by atoms with Crippen LogP contribution in [0, 0.1) is 0 Å². The minimum absolute atomic E-state index is 0.171. The standard InChI is InChI=1S/C15H18N2O2/c1-15(2,3)12-6-4-11(5-7-12)8-9-19-13-10-16-14(18)17-13/h4-7,10H,8-9H2,1-3H3. The van der Waals surface area contributed by atoms with Crippen LogP contribution in [-0.4, -0.2) is 24.8 Å². The van der Waals surface area contributed by atoms with Gasteiger partial charge in [0, 0.05) is 6.42 Å². The molecule has 0 bridgehead atoms. The van der Waals surface area contributed by atoms with E-state index < -0.39 is 6.03 Å². The number of carbonyl (C=O) groups is 1. The predicted molar refractivity (Wildman–Crippen MR) is 76.1 cm³/mol. The number of hydrogen-bond acceptors (Lipinski definition) is 2. The Morgan fingerprint density at radius 3 is 2.37 bits per heavy atom. The minimum Gasteiger partial charge on any atom is -0.476 e. The average Bonchev–Trinajstić information content (AvgIpc) is 2.75. The van der Waals surface area contributed by atoms with Gasteiger partial charge in [-0.15, -0.1) is 0 Å². The van der Waals surface area contributed by atoms with E-state index in [9.17, 15) is 4.79 Å². The lowest BCUT2D eigenvalue weighted by atomic mass is 9.86. The lowest BCUT2D eigenvalue weighted by molar-refractivity contribution is 0.256. The first-order chi connectivity index (χ1) is 8.95. The number of ether oxygens (including phenoxy) is 1. The Labute approximate surface area is 113 Å². The molecule has 0 radical (unpaired) electrons. The third kappa shape index (κ3) is 3.74. The molecule has 0 fully saturated rings. The van der Waals surface area contributed by atoms with E-state index in [0.717, 1.165) is 6.42 Å². The number of nitrogens with zero attached hydrogens (tertiary/aromatic N) is 2. The first-order valence-corrected chi connectivity index (χ1v) is 6.34. The first kappa shape index (κ1) is 13.5. The van der Waals surface area contributed by atoms with Crippen LogP contribution in [0.2, 0.25) is 0 Å². The highest BCUT2D eigenvalue weighted by molar-refractivity contribution is 6.33. The molecular formula is C15H18N2O2. The van der Waals surface area contributed by atoms with Crippen molar-refractivity contribution in [2.24, 2.45) is 9.98 Å².